The minimum atomic E-state index is -0.211. The van der Waals surface area contributed by atoms with Gasteiger partial charge < -0.3 is 9.80 Å². The van der Waals surface area contributed by atoms with Crippen molar-refractivity contribution in [2.45, 2.75) is 75.2 Å². The molecule has 0 N–H and O–H groups in total. The van der Waals surface area contributed by atoms with Gasteiger partial charge in [-0.25, -0.2) is 0 Å². The number of amides is 2. The molecule has 1 aliphatic carbocycles. The molecule has 0 aromatic heterocycles. The Balaban J connectivity index is 1.83. The smallest absolute Gasteiger partial charge is 0.246 e. The monoisotopic (exact) mass is 310 g/mol. The van der Waals surface area contributed by atoms with Crippen molar-refractivity contribution in [1.82, 2.24) is 9.80 Å². The highest BCUT2D eigenvalue weighted by Gasteiger charge is 2.49. The number of carbonyl (C=O) groups is 2. The lowest BCUT2D eigenvalue weighted by Gasteiger charge is -2.49. The summed E-state index contributed by atoms with van der Waals surface area (Å²) >= 11 is 1.90. The summed E-state index contributed by atoms with van der Waals surface area (Å²) in [4.78, 5) is 29.6. The van der Waals surface area contributed by atoms with Gasteiger partial charge in [0.25, 0.3) is 0 Å². The lowest BCUT2D eigenvalue weighted by Crippen LogP contribution is -2.67. The number of hydrogen-bond donors (Lipinski definition) is 0. The first-order valence-corrected chi connectivity index (χ1v) is 9.61. The van der Waals surface area contributed by atoms with Crippen LogP contribution in [-0.4, -0.2) is 57.8 Å². The van der Waals surface area contributed by atoms with Crippen molar-refractivity contribution in [3.8, 4) is 0 Å². The van der Waals surface area contributed by atoms with Crippen LogP contribution in [0.15, 0.2) is 0 Å². The van der Waals surface area contributed by atoms with Crippen LogP contribution in [0.5, 0.6) is 0 Å². The number of nitrogens with zero attached hydrogens (tertiary/aromatic N) is 2. The van der Waals surface area contributed by atoms with Crippen LogP contribution in [0.25, 0.3) is 0 Å². The Bertz CT molecular complexity index is 429. The molecule has 3 aliphatic rings. The highest BCUT2D eigenvalue weighted by Crippen LogP contribution is 2.36. The summed E-state index contributed by atoms with van der Waals surface area (Å²) in [6, 6.07) is -0.0900. The maximum Gasteiger partial charge on any atom is 0.246 e. The minimum absolute atomic E-state index is 0.164. The number of carbonyl (C=O) groups excluding carboxylic acids is 2. The molecular formula is C16H26N2O2S. The van der Waals surface area contributed by atoms with E-state index in [1.165, 1.54) is 6.42 Å². The van der Waals surface area contributed by atoms with Crippen LogP contribution in [0.2, 0.25) is 0 Å². The number of fused-ring (bicyclic) bond motifs is 1. The van der Waals surface area contributed by atoms with Crippen molar-refractivity contribution in [3.05, 3.63) is 0 Å². The van der Waals surface area contributed by atoms with E-state index in [2.05, 4.69) is 6.26 Å². The minimum Gasteiger partial charge on any atom is -0.329 e. The summed E-state index contributed by atoms with van der Waals surface area (Å²) in [5.41, 5.74) is 0. The third-order valence-corrected chi connectivity index (χ3v) is 6.51. The molecule has 2 aliphatic heterocycles. The van der Waals surface area contributed by atoms with Crippen LogP contribution >= 0.6 is 11.8 Å². The summed E-state index contributed by atoms with van der Waals surface area (Å²) < 4.78 is 0. The first kappa shape index (κ1) is 15.2. The highest BCUT2D eigenvalue weighted by atomic mass is 32.2. The Morgan fingerprint density at radius 1 is 1.14 bits per heavy atom. The predicted octanol–water partition coefficient (Wildman–Crippen LogP) is 2.27. The third-order valence-electron chi connectivity index (χ3n) is 5.42. The molecule has 21 heavy (non-hydrogen) atoms. The number of hydrogen-bond acceptors (Lipinski definition) is 3. The maximum atomic E-state index is 13.0. The van der Waals surface area contributed by atoms with Crippen LogP contribution in [0.4, 0.5) is 0 Å². The van der Waals surface area contributed by atoms with E-state index in [0.29, 0.717) is 5.25 Å². The van der Waals surface area contributed by atoms with Crippen molar-refractivity contribution in [2.24, 2.45) is 0 Å². The first-order valence-electron chi connectivity index (χ1n) is 8.32. The van der Waals surface area contributed by atoms with Crippen LogP contribution in [0.3, 0.4) is 0 Å². The van der Waals surface area contributed by atoms with E-state index < -0.39 is 0 Å². The van der Waals surface area contributed by atoms with Crippen molar-refractivity contribution in [3.63, 3.8) is 0 Å². The number of piperidine rings is 1. The Morgan fingerprint density at radius 2 is 1.95 bits per heavy atom. The average Bonchev–Trinajstić information content (AvgIpc) is 2.99. The number of piperazine rings is 1. The van der Waals surface area contributed by atoms with Gasteiger partial charge in [0, 0.05) is 17.8 Å². The van der Waals surface area contributed by atoms with Gasteiger partial charge >= 0.3 is 0 Å². The van der Waals surface area contributed by atoms with E-state index >= 15 is 0 Å². The summed E-state index contributed by atoms with van der Waals surface area (Å²) in [7, 11) is 0. The van der Waals surface area contributed by atoms with Gasteiger partial charge in [-0.2, -0.15) is 11.8 Å². The average molecular weight is 310 g/mol. The SMILES string of the molecule is CCC1C(=O)N2CCCCC2C(=O)N1C1CCC(SC)C1. The topological polar surface area (TPSA) is 40.6 Å². The molecule has 0 radical (unpaired) electrons. The zero-order valence-corrected chi connectivity index (χ0v) is 13.9. The lowest BCUT2D eigenvalue weighted by atomic mass is 9.93. The fourth-order valence-corrected chi connectivity index (χ4v) is 5.06. The molecule has 4 atom stereocenters. The van der Waals surface area contributed by atoms with Crippen molar-refractivity contribution in [1.29, 1.82) is 0 Å². The van der Waals surface area contributed by atoms with Crippen LogP contribution < -0.4 is 0 Å². The van der Waals surface area contributed by atoms with Gasteiger partial charge in [0.15, 0.2) is 0 Å². The maximum absolute atomic E-state index is 13.0. The normalized spacial score (nSPS) is 37.0. The molecule has 2 heterocycles. The fraction of sp³-hybridized carbons (Fsp3) is 0.875. The quantitative estimate of drug-likeness (QED) is 0.803. The Hall–Kier alpha value is -0.710. The van der Waals surface area contributed by atoms with E-state index in [1.807, 2.05) is 28.5 Å². The first-order chi connectivity index (χ1) is 10.2. The number of thioether (sulfide) groups is 1. The summed E-state index contributed by atoms with van der Waals surface area (Å²) in [5, 5.41) is 0.653. The molecule has 4 nitrogen and oxygen atoms in total. The van der Waals surface area contributed by atoms with E-state index in [9.17, 15) is 9.59 Å². The van der Waals surface area contributed by atoms with E-state index in [-0.39, 0.29) is 29.9 Å². The molecule has 118 valence electrons. The van der Waals surface area contributed by atoms with Gasteiger partial charge in [0.2, 0.25) is 11.8 Å². The lowest BCUT2D eigenvalue weighted by molar-refractivity contribution is -0.166. The molecule has 5 heteroatoms. The zero-order chi connectivity index (χ0) is 15.0. The van der Waals surface area contributed by atoms with E-state index in [1.54, 1.807) is 0 Å². The van der Waals surface area contributed by atoms with Crippen molar-refractivity contribution >= 4 is 23.6 Å². The highest BCUT2D eigenvalue weighted by molar-refractivity contribution is 7.99. The molecule has 0 bridgehead atoms. The molecule has 3 rings (SSSR count). The van der Waals surface area contributed by atoms with Crippen molar-refractivity contribution in [2.75, 3.05) is 12.8 Å². The second-order valence-electron chi connectivity index (χ2n) is 6.54. The van der Waals surface area contributed by atoms with E-state index in [0.717, 1.165) is 45.1 Å². The van der Waals surface area contributed by atoms with Gasteiger partial charge in [-0.1, -0.05) is 6.92 Å². The van der Waals surface area contributed by atoms with Gasteiger partial charge in [-0.15, -0.1) is 0 Å². The van der Waals surface area contributed by atoms with Crippen molar-refractivity contribution < 1.29 is 9.59 Å². The van der Waals surface area contributed by atoms with Gasteiger partial charge in [-0.05, 0) is 51.2 Å². The largest absolute Gasteiger partial charge is 0.329 e. The van der Waals surface area contributed by atoms with Crippen LogP contribution in [0.1, 0.15) is 51.9 Å². The standard InChI is InChI=1S/C16H26N2O2S/c1-3-13-15(19)17-9-5-4-6-14(17)16(20)18(13)11-7-8-12(10-11)21-2/h11-14H,3-10H2,1-2H3. The second kappa shape index (κ2) is 6.19. The molecule has 0 aromatic carbocycles. The Labute approximate surface area is 131 Å². The molecule has 3 fully saturated rings. The molecule has 0 spiro atoms. The molecule has 1 saturated carbocycles. The Kier molecular flexibility index (Phi) is 4.48. The molecule has 2 amide bonds. The number of rotatable bonds is 3. The predicted molar refractivity (Wildman–Crippen MR) is 85.2 cm³/mol. The molecule has 0 aromatic rings. The third kappa shape index (κ3) is 2.58. The molecule has 2 saturated heterocycles. The summed E-state index contributed by atoms with van der Waals surface area (Å²) in [6.07, 6.45) is 9.17. The molecule has 4 unspecified atom stereocenters. The zero-order valence-electron chi connectivity index (χ0n) is 13.1. The summed E-state index contributed by atoms with van der Waals surface area (Å²) in [5.74, 6) is 0.433. The fourth-order valence-electron chi connectivity index (χ4n) is 4.28. The van der Waals surface area contributed by atoms with Gasteiger partial charge in [0.1, 0.15) is 12.1 Å². The second-order valence-corrected chi connectivity index (χ2v) is 7.68. The van der Waals surface area contributed by atoms with Gasteiger partial charge in [-0.3, -0.25) is 9.59 Å². The Morgan fingerprint density at radius 3 is 2.62 bits per heavy atom. The van der Waals surface area contributed by atoms with Crippen LogP contribution in [0, 0.1) is 0 Å². The van der Waals surface area contributed by atoms with Crippen LogP contribution in [-0.2, 0) is 9.59 Å². The summed E-state index contributed by atoms with van der Waals surface area (Å²) in [6.45, 7) is 2.81. The molecular weight excluding hydrogens is 284 g/mol. The van der Waals surface area contributed by atoms with E-state index in [4.69, 9.17) is 0 Å². The van der Waals surface area contributed by atoms with Gasteiger partial charge in [0.05, 0.1) is 0 Å².